The molecular formula is C21H28O2SSi2. The number of hydrogen-bond donors (Lipinski definition) is 1. The standard InChI is InChI=1S/C21H28O2SSi2/c1-14(9-17-11-16(13-24-17)21(22)23)18-12-20-19(10-15(18)2)25(3,4)7-8-26(20,5)6/h9-13H,7-8H2,1-6H3,(H,22,23)/b14-9+. The predicted molar refractivity (Wildman–Crippen MR) is 120 cm³/mol. The van der Waals surface area contributed by atoms with Crippen LogP contribution in [0.1, 0.15) is 33.3 Å². The number of hydrogen-bond acceptors (Lipinski definition) is 2. The molecule has 1 aromatic heterocycles. The number of allylic oxidation sites excluding steroid dienone is 1. The highest BCUT2D eigenvalue weighted by Crippen LogP contribution is 2.29. The van der Waals surface area contributed by atoms with Gasteiger partial charge in [0.2, 0.25) is 0 Å². The van der Waals surface area contributed by atoms with Gasteiger partial charge in [0, 0.05) is 10.3 Å². The molecule has 2 heterocycles. The number of carboxylic acids is 1. The number of fused-ring (bicyclic) bond motifs is 1. The van der Waals surface area contributed by atoms with Gasteiger partial charge in [-0.15, -0.1) is 11.3 Å². The third kappa shape index (κ3) is 3.52. The van der Waals surface area contributed by atoms with E-state index in [0.717, 1.165) is 4.88 Å². The van der Waals surface area contributed by atoms with Gasteiger partial charge in [-0.2, -0.15) is 0 Å². The van der Waals surface area contributed by atoms with Crippen molar-refractivity contribution in [2.24, 2.45) is 0 Å². The largest absolute Gasteiger partial charge is 0.478 e. The number of aryl methyl sites for hydroxylation is 1. The topological polar surface area (TPSA) is 37.3 Å². The molecule has 2 aromatic rings. The lowest BCUT2D eigenvalue weighted by Gasteiger charge is -2.40. The molecule has 0 bridgehead atoms. The molecule has 0 fully saturated rings. The fraction of sp³-hybridized carbons (Fsp3) is 0.381. The first-order valence-corrected chi connectivity index (χ1v) is 16.5. The Kier molecular flexibility index (Phi) is 4.92. The minimum Gasteiger partial charge on any atom is -0.478 e. The number of thiophene rings is 1. The first-order chi connectivity index (χ1) is 12.0. The van der Waals surface area contributed by atoms with E-state index >= 15 is 0 Å². The first-order valence-electron chi connectivity index (χ1n) is 9.17. The fourth-order valence-corrected chi connectivity index (χ4v) is 15.2. The van der Waals surface area contributed by atoms with Gasteiger partial charge in [0.05, 0.1) is 21.7 Å². The van der Waals surface area contributed by atoms with Crippen LogP contribution in [0.15, 0.2) is 23.6 Å². The Balaban J connectivity index is 2.08. The van der Waals surface area contributed by atoms with Crippen molar-refractivity contribution in [1.82, 2.24) is 0 Å². The van der Waals surface area contributed by atoms with Crippen LogP contribution in [0.25, 0.3) is 11.6 Å². The minimum absolute atomic E-state index is 0.373. The lowest BCUT2D eigenvalue weighted by Crippen LogP contribution is -2.63. The summed E-state index contributed by atoms with van der Waals surface area (Å²) < 4.78 is 0. The molecule has 0 radical (unpaired) electrons. The van der Waals surface area contributed by atoms with Crippen LogP contribution < -0.4 is 10.4 Å². The number of carboxylic acid groups (broad SMARTS) is 1. The molecule has 3 rings (SSSR count). The van der Waals surface area contributed by atoms with E-state index in [2.05, 4.69) is 58.2 Å². The van der Waals surface area contributed by atoms with Crippen LogP contribution in [0, 0.1) is 6.92 Å². The molecule has 1 aliphatic heterocycles. The van der Waals surface area contributed by atoms with E-state index in [1.807, 2.05) is 0 Å². The van der Waals surface area contributed by atoms with Crippen molar-refractivity contribution in [3.05, 3.63) is 45.1 Å². The number of carbonyl (C=O) groups is 1. The zero-order valence-corrected chi connectivity index (χ0v) is 19.4. The van der Waals surface area contributed by atoms with E-state index in [0.29, 0.717) is 5.56 Å². The minimum atomic E-state index is -1.37. The molecule has 138 valence electrons. The highest BCUT2D eigenvalue weighted by Gasteiger charge is 2.39. The summed E-state index contributed by atoms with van der Waals surface area (Å²) in [6.07, 6.45) is 2.13. The second-order valence-electron chi connectivity index (χ2n) is 8.85. The third-order valence-electron chi connectivity index (χ3n) is 5.85. The maximum Gasteiger partial charge on any atom is 0.336 e. The zero-order chi connectivity index (χ0) is 19.3. The Morgan fingerprint density at radius 2 is 1.65 bits per heavy atom. The summed E-state index contributed by atoms with van der Waals surface area (Å²) in [5.41, 5.74) is 4.26. The van der Waals surface area contributed by atoms with E-state index in [9.17, 15) is 4.79 Å². The van der Waals surface area contributed by atoms with Gasteiger partial charge in [-0.3, -0.25) is 0 Å². The van der Waals surface area contributed by atoms with Gasteiger partial charge in [-0.05, 0) is 42.7 Å². The maximum atomic E-state index is 11.1. The van der Waals surface area contributed by atoms with Crippen LogP contribution in [-0.2, 0) is 0 Å². The molecule has 1 aromatic carbocycles. The van der Waals surface area contributed by atoms with Gasteiger partial charge in [0.25, 0.3) is 0 Å². The summed E-state index contributed by atoms with van der Waals surface area (Å²) in [7, 11) is -2.69. The van der Waals surface area contributed by atoms with Crippen molar-refractivity contribution in [2.75, 3.05) is 0 Å². The van der Waals surface area contributed by atoms with Crippen LogP contribution >= 0.6 is 11.3 Å². The molecule has 0 atom stereocenters. The second kappa shape index (κ2) is 6.62. The normalized spacial score (nSPS) is 18.5. The summed E-state index contributed by atoms with van der Waals surface area (Å²) in [5, 5.41) is 14.2. The van der Waals surface area contributed by atoms with Crippen LogP contribution in [0.3, 0.4) is 0 Å². The van der Waals surface area contributed by atoms with Gasteiger partial charge in [0.15, 0.2) is 0 Å². The second-order valence-corrected chi connectivity index (χ2v) is 19.4. The molecule has 26 heavy (non-hydrogen) atoms. The van der Waals surface area contributed by atoms with Crippen LogP contribution in [0.4, 0.5) is 0 Å². The maximum absolute atomic E-state index is 11.1. The van der Waals surface area contributed by atoms with Gasteiger partial charge in [0.1, 0.15) is 0 Å². The molecule has 5 heteroatoms. The summed E-state index contributed by atoms with van der Waals surface area (Å²) in [6.45, 7) is 14.4. The lowest BCUT2D eigenvalue weighted by atomic mass is 10.0. The quantitative estimate of drug-likeness (QED) is 0.723. The summed E-state index contributed by atoms with van der Waals surface area (Å²) in [4.78, 5) is 12.1. The smallest absolute Gasteiger partial charge is 0.336 e. The van der Waals surface area contributed by atoms with Gasteiger partial charge < -0.3 is 5.11 Å². The lowest BCUT2D eigenvalue weighted by molar-refractivity contribution is 0.0697. The average Bonchev–Trinajstić information content (AvgIpc) is 3.00. The molecular weight excluding hydrogens is 372 g/mol. The van der Waals surface area contributed by atoms with Crippen LogP contribution in [0.5, 0.6) is 0 Å². The highest BCUT2D eigenvalue weighted by molar-refractivity contribution is 7.11. The first kappa shape index (κ1) is 19.3. The van der Waals surface area contributed by atoms with Crippen LogP contribution in [0.2, 0.25) is 38.3 Å². The Labute approximate surface area is 162 Å². The molecule has 1 N–H and O–H groups in total. The molecule has 0 amide bonds. The molecule has 1 aliphatic rings. The Morgan fingerprint density at radius 1 is 1.08 bits per heavy atom. The molecule has 0 unspecified atom stereocenters. The van der Waals surface area contributed by atoms with E-state index in [4.69, 9.17) is 5.11 Å². The molecule has 2 nitrogen and oxygen atoms in total. The number of rotatable bonds is 3. The monoisotopic (exact) mass is 400 g/mol. The summed E-state index contributed by atoms with van der Waals surface area (Å²) in [6, 6.07) is 9.53. The molecule has 0 saturated carbocycles. The van der Waals surface area contributed by atoms with Gasteiger partial charge >= 0.3 is 5.97 Å². The van der Waals surface area contributed by atoms with Crippen molar-refractivity contribution in [2.45, 2.75) is 52.1 Å². The number of benzene rings is 1. The average molecular weight is 401 g/mol. The summed E-state index contributed by atoms with van der Waals surface area (Å²) >= 11 is 1.49. The molecule has 0 spiro atoms. The van der Waals surface area contributed by atoms with E-state index in [1.165, 1.54) is 40.1 Å². The zero-order valence-electron chi connectivity index (χ0n) is 16.6. The van der Waals surface area contributed by atoms with Gasteiger partial charge in [-0.25, -0.2) is 4.79 Å². The Bertz CT molecular complexity index is 907. The van der Waals surface area contributed by atoms with Crippen LogP contribution in [-0.4, -0.2) is 27.2 Å². The van der Waals surface area contributed by atoms with E-state index < -0.39 is 22.1 Å². The Morgan fingerprint density at radius 3 is 2.19 bits per heavy atom. The fourth-order valence-electron chi connectivity index (χ4n) is 3.98. The van der Waals surface area contributed by atoms with Crippen molar-refractivity contribution >= 4 is 55.5 Å². The van der Waals surface area contributed by atoms with Crippen molar-refractivity contribution in [3.8, 4) is 0 Å². The van der Waals surface area contributed by atoms with E-state index in [1.54, 1.807) is 21.8 Å². The van der Waals surface area contributed by atoms with Crippen molar-refractivity contribution in [1.29, 1.82) is 0 Å². The Hall–Kier alpha value is -1.44. The SMILES string of the molecule is C/C(=C\c1cc(C(=O)O)cs1)c1cc2c(cc1C)[Si](C)(C)CC[Si]2(C)C. The molecule has 0 aliphatic carbocycles. The van der Waals surface area contributed by atoms with Crippen molar-refractivity contribution < 1.29 is 9.90 Å². The highest BCUT2D eigenvalue weighted by atomic mass is 32.1. The van der Waals surface area contributed by atoms with E-state index in [-0.39, 0.29) is 0 Å². The summed E-state index contributed by atoms with van der Waals surface area (Å²) in [5.74, 6) is -0.858. The van der Waals surface area contributed by atoms with Gasteiger partial charge in [-0.1, -0.05) is 60.8 Å². The van der Waals surface area contributed by atoms with Crippen molar-refractivity contribution in [3.63, 3.8) is 0 Å². The third-order valence-corrected chi connectivity index (χ3v) is 14.2. The molecule has 0 saturated heterocycles. The number of aromatic carboxylic acids is 1. The predicted octanol–water partition coefficient (Wildman–Crippen LogP) is 5.16.